The van der Waals surface area contributed by atoms with Gasteiger partial charge in [0.2, 0.25) is 0 Å². The van der Waals surface area contributed by atoms with Crippen LogP contribution in [0.5, 0.6) is 0 Å². The van der Waals surface area contributed by atoms with E-state index in [0.29, 0.717) is 0 Å². The summed E-state index contributed by atoms with van der Waals surface area (Å²) in [7, 11) is 0. The van der Waals surface area contributed by atoms with Gasteiger partial charge in [-0.3, -0.25) is 0 Å². The molecule has 0 fully saturated rings. The smallest absolute Gasteiger partial charge is 0.0464 e. The Morgan fingerprint density at radius 1 is 1.42 bits per heavy atom. The number of rotatable bonds is 0. The molecule has 0 amide bonds. The average Bonchev–Trinajstić information content (AvgIpc) is 2.35. The highest BCUT2D eigenvalue weighted by Gasteiger charge is 2.03. The molecule has 0 unspecified atom stereocenters. The average molecular weight is 307 g/mol. The molecule has 1 heterocycles. The summed E-state index contributed by atoms with van der Waals surface area (Å²) in [5.74, 6) is 0. The zero-order valence-corrected chi connectivity index (χ0v) is 9.91. The zero-order chi connectivity index (χ0) is 8.72. The van der Waals surface area contributed by atoms with Crippen LogP contribution in [0.1, 0.15) is 0 Å². The van der Waals surface area contributed by atoms with Gasteiger partial charge in [0.15, 0.2) is 0 Å². The van der Waals surface area contributed by atoms with Crippen LogP contribution in [0, 0.1) is 3.57 Å². The third-order valence-electron chi connectivity index (χ3n) is 1.67. The number of fused-ring (bicyclic) bond motifs is 1. The summed E-state index contributed by atoms with van der Waals surface area (Å²) in [6, 6.07) is 4.07. The maximum atomic E-state index is 5.77. The summed E-state index contributed by atoms with van der Waals surface area (Å²) < 4.78 is 2.30. The van der Waals surface area contributed by atoms with Gasteiger partial charge in [-0.05, 0) is 34.7 Å². The van der Waals surface area contributed by atoms with Crippen molar-refractivity contribution in [3.63, 3.8) is 0 Å². The highest BCUT2D eigenvalue weighted by molar-refractivity contribution is 14.1. The fourth-order valence-electron chi connectivity index (χ4n) is 1.05. The van der Waals surface area contributed by atoms with Crippen LogP contribution in [0.2, 0.25) is 0 Å². The third-order valence-corrected chi connectivity index (χ3v) is 4.10. The number of benzene rings is 1. The molecule has 1 aromatic carbocycles. The van der Waals surface area contributed by atoms with E-state index in [9.17, 15) is 0 Å². The molecule has 62 valence electrons. The zero-order valence-electron chi connectivity index (χ0n) is 6.04. The Morgan fingerprint density at radius 2 is 2.17 bits per heavy atom. The Balaban J connectivity index is 2.87. The van der Waals surface area contributed by atoms with Crippen LogP contribution < -0.4 is 5.73 Å². The van der Waals surface area contributed by atoms with Crippen molar-refractivity contribution in [1.29, 1.82) is 0 Å². The van der Waals surface area contributed by atoms with Crippen LogP contribution in [-0.2, 0) is 0 Å². The molecule has 2 rings (SSSR count). The molecule has 0 aliphatic carbocycles. The molecule has 0 saturated heterocycles. The van der Waals surface area contributed by atoms with E-state index < -0.39 is 0 Å². The second-order valence-electron chi connectivity index (χ2n) is 2.49. The first kappa shape index (κ1) is 8.65. The molecule has 12 heavy (non-hydrogen) atoms. The molecule has 1 nitrogen and oxygen atoms in total. The van der Waals surface area contributed by atoms with E-state index in [1.54, 1.807) is 11.3 Å². The van der Waals surface area contributed by atoms with E-state index in [-0.39, 0.29) is 0 Å². The van der Waals surface area contributed by atoms with Crippen LogP contribution in [0.15, 0.2) is 22.4 Å². The molecule has 0 aliphatic heterocycles. The largest absolute Gasteiger partial charge is 0.398 e. The fourth-order valence-corrected chi connectivity index (χ4v) is 2.79. The number of halogens is 1. The lowest BCUT2D eigenvalue weighted by molar-refractivity contribution is 1.64. The van der Waals surface area contributed by atoms with Crippen LogP contribution in [0.4, 0.5) is 5.69 Å². The van der Waals surface area contributed by atoms with E-state index in [1.165, 1.54) is 10.1 Å². The van der Waals surface area contributed by atoms with Crippen LogP contribution in [-0.4, -0.2) is 0 Å². The monoisotopic (exact) mass is 307 g/mol. The lowest BCUT2D eigenvalue weighted by Gasteiger charge is -1.97. The molecule has 1 aromatic heterocycles. The first-order valence-electron chi connectivity index (χ1n) is 3.33. The summed E-state index contributed by atoms with van der Waals surface area (Å²) in [5.41, 5.74) is 6.62. The molecular weight excluding hydrogens is 301 g/mol. The number of nitrogens with two attached hydrogens (primary N) is 1. The minimum Gasteiger partial charge on any atom is -0.398 e. The molecule has 4 heteroatoms. The number of thiol groups is 1. The maximum absolute atomic E-state index is 5.77. The van der Waals surface area contributed by atoms with Crippen molar-refractivity contribution in [1.82, 2.24) is 0 Å². The first-order valence-corrected chi connectivity index (χ1v) is 5.74. The van der Waals surface area contributed by atoms with Crippen molar-refractivity contribution in [2.75, 3.05) is 5.73 Å². The number of hydrogen-bond donors (Lipinski definition) is 2. The molecule has 0 bridgehead atoms. The van der Waals surface area contributed by atoms with Crippen LogP contribution >= 0.6 is 46.6 Å². The second kappa shape index (κ2) is 3.08. The normalized spacial score (nSPS) is 10.8. The van der Waals surface area contributed by atoms with Crippen LogP contribution in [0.3, 0.4) is 0 Å². The summed E-state index contributed by atoms with van der Waals surface area (Å²) >= 11 is 8.26. The van der Waals surface area contributed by atoms with E-state index in [2.05, 4.69) is 41.3 Å². The van der Waals surface area contributed by atoms with Crippen molar-refractivity contribution in [3.8, 4) is 0 Å². The Labute approximate surface area is 93.5 Å². The van der Waals surface area contributed by atoms with Gasteiger partial charge >= 0.3 is 0 Å². The van der Waals surface area contributed by atoms with Crippen molar-refractivity contribution in [2.45, 2.75) is 4.90 Å². The molecule has 0 aliphatic rings. The predicted molar refractivity (Wildman–Crippen MR) is 66.2 cm³/mol. The quantitative estimate of drug-likeness (QED) is 0.435. The van der Waals surface area contributed by atoms with Gasteiger partial charge in [-0.25, -0.2) is 0 Å². The number of hydrogen-bond acceptors (Lipinski definition) is 3. The molecule has 0 radical (unpaired) electrons. The summed E-state index contributed by atoms with van der Waals surface area (Å²) in [4.78, 5) is 1.04. The van der Waals surface area contributed by atoms with Crippen molar-refractivity contribution < 1.29 is 0 Å². The Kier molecular flexibility index (Phi) is 2.22. The number of anilines is 1. The summed E-state index contributed by atoms with van der Waals surface area (Å²) in [6.45, 7) is 0. The number of nitrogen functional groups attached to an aromatic ring is 1. The molecular formula is C8H6INS2. The first-order chi connectivity index (χ1) is 5.68. The van der Waals surface area contributed by atoms with Gasteiger partial charge in [-0.1, -0.05) is 0 Å². The fraction of sp³-hybridized carbons (Fsp3) is 0. The number of thiophene rings is 1. The van der Waals surface area contributed by atoms with Gasteiger partial charge in [0.1, 0.15) is 0 Å². The summed E-state index contributed by atoms with van der Waals surface area (Å²) in [5, 5.41) is 3.23. The predicted octanol–water partition coefficient (Wildman–Crippen LogP) is 3.38. The molecule has 0 spiro atoms. The molecule has 0 atom stereocenters. The van der Waals surface area contributed by atoms with Gasteiger partial charge in [-0.15, -0.1) is 24.0 Å². The van der Waals surface area contributed by atoms with Gasteiger partial charge in [-0.2, -0.15) is 0 Å². The van der Waals surface area contributed by atoms with E-state index >= 15 is 0 Å². The van der Waals surface area contributed by atoms with E-state index in [4.69, 9.17) is 5.73 Å². The van der Waals surface area contributed by atoms with Gasteiger partial charge in [0, 0.05) is 29.6 Å². The highest BCUT2D eigenvalue weighted by Crippen LogP contribution is 2.32. The molecule has 2 aromatic rings. The summed E-state index contributed by atoms with van der Waals surface area (Å²) in [6.07, 6.45) is 0. The maximum Gasteiger partial charge on any atom is 0.0464 e. The Morgan fingerprint density at radius 3 is 2.92 bits per heavy atom. The lowest BCUT2D eigenvalue weighted by Crippen LogP contribution is -1.87. The Hall–Kier alpha value is 0.0600. The minimum atomic E-state index is 0.846. The highest BCUT2D eigenvalue weighted by atomic mass is 127. The molecule has 2 N–H and O–H groups in total. The minimum absolute atomic E-state index is 0.846. The van der Waals surface area contributed by atoms with Crippen molar-refractivity contribution in [3.05, 3.63) is 21.1 Å². The Bertz CT molecular complexity index is 436. The van der Waals surface area contributed by atoms with Crippen LogP contribution in [0.25, 0.3) is 10.1 Å². The standard InChI is InChI=1S/C8H6INS2/c9-5-1-4-7(11)3-12-8(4)2-6(5)10/h1-3,11H,10H2. The topological polar surface area (TPSA) is 26.0 Å². The van der Waals surface area contributed by atoms with E-state index in [0.717, 1.165) is 14.2 Å². The molecule has 0 saturated carbocycles. The van der Waals surface area contributed by atoms with Crippen molar-refractivity contribution in [2.24, 2.45) is 0 Å². The van der Waals surface area contributed by atoms with Gasteiger partial charge < -0.3 is 5.73 Å². The van der Waals surface area contributed by atoms with E-state index in [1.807, 2.05) is 11.4 Å². The van der Waals surface area contributed by atoms with Gasteiger partial charge in [0.25, 0.3) is 0 Å². The SMILES string of the molecule is Nc1cc2scc(S)c2cc1I. The third kappa shape index (κ3) is 1.31. The second-order valence-corrected chi connectivity index (χ2v) is 5.05. The van der Waals surface area contributed by atoms with Gasteiger partial charge in [0.05, 0.1) is 0 Å². The lowest BCUT2D eigenvalue weighted by atomic mass is 10.2. The van der Waals surface area contributed by atoms with Crippen molar-refractivity contribution >= 4 is 62.3 Å².